The third-order valence-corrected chi connectivity index (χ3v) is 3.92. The number of hydrogen-bond donors (Lipinski definition) is 2. The first-order valence-corrected chi connectivity index (χ1v) is 7.84. The molecular weight excluding hydrogens is 362 g/mol. The van der Waals surface area contributed by atoms with Crippen molar-refractivity contribution in [2.24, 2.45) is 7.05 Å². The van der Waals surface area contributed by atoms with Crippen molar-refractivity contribution in [3.63, 3.8) is 0 Å². The van der Waals surface area contributed by atoms with E-state index >= 15 is 0 Å². The molecule has 0 aliphatic heterocycles. The van der Waals surface area contributed by atoms with E-state index in [2.05, 4.69) is 36.3 Å². The molecule has 0 unspecified atom stereocenters. The van der Waals surface area contributed by atoms with Crippen LogP contribution in [0.15, 0.2) is 29.1 Å². The number of anilines is 2. The van der Waals surface area contributed by atoms with Gasteiger partial charge in [-0.3, -0.25) is 0 Å². The molecule has 1 aromatic carbocycles. The lowest BCUT2D eigenvalue weighted by Crippen LogP contribution is -2.03. The number of halogens is 1. The van der Waals surface area contributed by atoms with Gasteiger partial charge in [0.25, 0.3) is 0 Å². The second-order valence-corrected chi connectivity index (χ2v) is 5.76. The molecule has 0 amide bonds. The van der Waals surface area contributed by atoms with Gasteiger partial charge in [0.2, 0.25) is 0 Å². The molecule has 23 heavy (non-hydrogen) atoms. The van der Waals surface area contributed by atoms with Crippen molar-refractivity contribution in [2.45, 2.75) is 6.92 Å². The monoisotopic (exact) mass is 377 g/mol. The maximum absolute atomic E-state index is 8.83. The van der Waals surface area contributed by atoms with E-state index in [1.165, 1.54) is 6.33 Å². The molecule has 0 atom stereocenters. The molecule has 2 N–H and O–H groups in total. The number of aromatic nitrogens is 4. The number of benzene rings is 1. The predicted octanol–water partition coefficient (Wildman–Crippen LogP) is 2.55. The standard InChI is InChI=1S/C15H16BrN5O2/c1-9-7-10(3-4-11(9)23-6-5-22)19-14-12-13(16)20-21(2)15(12)18-8-17-14/h3-4,7-8,22H,5-6H2,1-2H3,(H,17,18,19). The van der Waals surface area contributed by atoms with Crippen molar-refractivity contribution < 1.29 is 9.84 Å². The van der Waals surface area contributed by atoms with Crippen molar-refractivity contribution in [1.82, 2.24) is 19.7 Å². The Morgan fingerprint density at radius 3 is 2.91 bits per heavy atom. The first-order chi connectivity index (χ1) is 11.1. The van der Waals surface area contributed by atoms with Crippen LogP contribution in [0.2, 0.25) is 0 Å². The number of nitrogens with zero attached hydrogens (tertiary/aromatic N) is 4. The number of ether oxygens (including phenoxy) is 1. The van der Waals surface area contributed by atoms with Crippen molar-refractivity contribution in [1.29, 1.82) is 0 Å². The van der Waals surface area contributed by atoms with Gasteiger partial charge in [-0.15, -0.1) is 0 Å². The molecule has 0 bridgehead atoms. The highest BCUT2D eigenvalue weighted by molar-refractivity contribution is 9.10. The lowest BCUT2D eigenvalue weighted by Gasteiger charge is -2.11. The Morgan fingerprint density at radius 1 is 1.35 bits per heavy atom. The first kappa shape index (κ1) is 15.7. The zero-order valence-electron chi connectivity index (χ0n) is 12.7. The molecule has 8 heteroatoms. The fraction of sp³-hybridized carbons (Fsp3) is 0.267. The fourth-order valence-electron chi connectivity index (χ4n) is 2.32. The Bertz CT molecular complexity index is 849. The van der Waals surface area contributed by atoms with E-state index in [1.807, 2.05) is 32.2 Å². The zero-order chi connectivity index (χ0) is 16.4. The molecular formula is C15H16BrN5O2. The molecule has 0 saturated carbocycles. The number of aryl methyl sites for hydroxylation is 2. The average Bonchev–Trinajstić information content (AvgIpc) is 2.82. The van der Waals surface area contributed by atoms with E-state index in [9.17, 15) is 0 Å². The molecule has 7 nitrogen and oxygen atoms in total. The van der Waals surface area contributed by atoms with Crippen molar-refractivity contribution in [3.8, 4) is 5.75 Å². The van der Waals surface area contributed by atoms with Crippen LogP contribution in [0.4, 0.5) is 11.5 Å². The molecule has 0 aliphatic rings. The summed E-state index contributed by atoms with van der Waals surface area (Å²) in [5.74, 6) is 1.43. The minimum atomic E-state index is -0.00655. The topological polar surface area (TPSA) is 85.1 Å². The summed E-state index contributed by atoms with van der Waals surface area (Å²) in [4.78, 5) is 8.55. The SMILES string of the molecule is Cc1cc(Nc2ncnc3c2c(Br)nn3C)ccc1OCCO. The van der Waals surface area contributed by atoms with Gasteiger partial charge in [-0.1, -0.05) is 0 Å². The van der Waals surface area contributed by atoms with Crippen LogP contribution in [0, 0.1) is 6.92 Å². The highest BCUT2D eigenvalue weighted by Crippen LogP contribution is 2.30. The summed E-state index contributed by atoms with van der Waals surface area (Å²) < 4.78 is 7.85. The van der Waals surface area contributed by atoms with Crippen LogP contribution in [-0.2, 0) is 7.05 Å². The van der Waals surface area contributed by atoms with Gasteiger partial charge in [0.15, 0.2) is 5.65 Å². The van der Waals surface area contributed by atoms with E-state index in [1.54, 1.807) is 4.68 Å². The molecule has 3 rings (SSSR count). The summed E-state index contributed by atoms with van der Waals surface area (Å²) in [6.45, 7) is 2.23. The van der Waals surface area contributed by atoms with Crippen LogP contribution in [0.5, 0.6) is 5.75 Å². The number of aliphatic hydroxyl groups excluding tert-OH is 1. The average molecular weight is 378 g/mol. The van der Waals surface area contributed by atoms with Crippen LogP contribution in [-0.4, -0.2) is 38.1 Å². The van der Waals surface area contributed by atoms with Gasteiger partial charge in [0.1, 0.15) is 29.1 Å². The van der Waals surface area contributed by atoms with Gasteiger partial charge < -0.3 is 15.2 Å². The van der Waals surface area contributed by atoms with E-state index in [0.29, 0.717) is 10.4 Å². The molecule has 0 spiro atoms. The molecule has 0 aliphatic carbocycles. The summed E-state index contributed by atoms with van der Waals surface area (Å²) in [5, 5.41) is 17.3. The molecule has 3 aromatic rings. The largest absolute Gasteiger partial charge is 0.491 e. The van der Waals surface area contributed by atoms with Crippen LogP contribution in [0.3, 0.4) is 0 Å². The van der Waals surface area contributed by atoms with Gasteiger partial charge in [0, 0.05) is 12.7 Å². The highest BCUT2D eigenvalue weighted by atomic mass is 79.9. The number of hydrogen-bond acceptors (Lipinski definition) is 6. The molecule has 0 saturated heterocycles. The van der Waals surface area contributed by atoms with E-state index < -0.39 is 0 Å². The minimum Gasteiger partial charge on any atom is -0.491 e. The maximum Gasteiger partial charge on any atom is 0.164 e. The minimum absolute atomic E-state index is 0.00655. The second kappa shape index (κ2) is 6.51. The molecule has 2 heterocycles. The Balaban J connectivity index is 1.92. The second-order valence-electron chi connectivity index (χ2n) is 5.01. The molecule has 2 aromatic heterocycles. The molecule has 0 radical (unpaired) electrons. The lowest BCUT2D eigenvalue weighted by atomic mass is 10.2. The quantitative estimate of drug-likeness (QED) is 0.710. The Labute approximate surface area is 141 Å². The van der Waals surface area contributed by atoms with Crippen LogP contribution < -0.4 is 10.1 Å². The summed E-state index contributed by atoms with van der Waals surface area (Å²) in [6, 6.07) is 5.73. The van der Waals surface area contributed by atoms with E-state index in [-0.39, 0.29) is 13.2 Å². The summed E-state index contributed by atoms with van der Waals surface area (Å²) in [6.07, 6.45) is 1.50. The van der Waals surface area contributed by atoms with Gasteiger partial charge in [-0.25, -0.2) is 14.6 Å². The third kappa shape index (κ3) is 3.13. The van der Waals surface area contributed by atoms with Crippen LogP contribution in [0.1, 0.15) is 5.56 Å². The summed E-state index contributed by atoms with van der Waals surface area (Å²) in [7, 11) is 1.83. The Kier molecular flexibility index (Phi) is 4.44. The number of fused-ring (bicyclic) bond motifs is 1. The van der Waals surface area contributed by atoms with Crippen LogP contribution >= 0.6 is 15.9 Å². The van der Waals surface area contributed by atoms with Gasteiger partial charge in [-0.2, -0.15) is 5.10 Å². The van der Waals surface area contributed by atoms with Crippen molar-refractivity contribution in [2.75, 3.05) is 18.5 Å². The Morgan fingerprint density at radius 2 is 2.17 bits per heavy atom. The summed E-state index contributed by atoms with van der Waals surface area (Å²) >= 11 is 3.44. The van der Waals surface area contributed by atoms with E-state index in [0.717, 1.165) is 28.0 Å². The highest BCUT2D eigenvalue weighted by Gasteiger charge is 2.13. The number of rotatable bonds is 5. The first-order valence-electron chi connectivity index (χ1n) is 7.04. The fourth-order valence-corrected chi connectivity index (χ4v) is 2.92. The number of aliphatic hydroxyl groups is 1. The predicted molar refractivity (Wildman–Crippen MR) is 91.0 cm³/mol. The smallest absolute Gasteiger partial charge is 0.164 e. The lowest BCUT2D eigenvalue weighted by molar-refractivity contribution is 0.200. The number of nitrogens with one attached hydrogen (secondary N) is 1. The molecule has 120 valence electrons. The van der Waals surface area contributed by atoms with Gasteiger partial charge in [0.05, 0.1) is 12.0 Å². The van der Waals surface area contributed by atoms with E-state index in [4.69, 9.17) is 9.84 Å². The maximum atomic E-state index is 8.83. The van der Waals surface area contributed by atoms with Gasteiger partial charge >= 0.3 is 0 Å². The normalized spacial score (nSPS) is 11.0. The zero-order valence-corrected chi connectivity index (χ0v) is 14.3. The van der Waals surface area contributed by atoms with Crippen molar-refractivity contribution in [3.05, 3.63) is 34.7 Å². The summed E-state index contributed by atoms with van der Waals surface area (Å²) in [5.41, 5.74) is 2.60. The molecule has 0 fully saturated rings. The van der Waals surface area contributed by atoms with Crippen LogP contribution in [0.25, 0.3) is 11.0 Å². The Hall–Kier alpha value is -2.19. The van der Waals surface area contributed by atoms with Gasteiger partial charge in [-0.05, 0) is 46.6 Å². The van der Waals surface area contributed by atoms with Crippen molar-refractivity contribution >= 4 is 38.5 Å². The third-order valence-electron chi connectivity index (χ3n) is 3.36.